The van der Waals surface area contributed by atoms with Crippen LogP contribution in [0.15, 0.2) is 71.0 Å². The van der Waals surface area contributed by atoms with E-state index < -0.39 is 29.2 Å². The summed E-state index contributed by atoms with van der Waals surface area (Å²) < 4.78 is 35.0. The molecule has 1 aliphatic rings. The topological polar surface area (TPSA) is 124 Å². The summed E-state index contributed by atoms with van der Waals surface area (Å²) in [5, 5.41) is 14.9. The van der Waals surface area contributed by atoms with E-state index in [0.29, 0.717) is 46.9 Å². The summed E-state index contributed by atoms with van der Waals surface area (Å²) in [5.41, 5.74) is 3.79. The fourth-order valence-corrected chi connectivity index (χ4v) is 6.30. The highest BCUT2D eigenvalue weighted by Gasteiger charge is 2.37. The Morgan fingerprint density at radius 1 is 1.11 bits per heavy atom. The van der Waals surface area contributed by atoms with Gasteiger partial charge in [-0.1, -0.05) is 28.8 Å². The van der Waals surface area contributed by atoms with Crippen molar-refractivity contribution in [3.63, 3.8) is 0 Å². The third kappa shape index (κ3) is 6.66. The highest BCUT2D eigenvalue weighted by atomic mass is 32.1. The molecule has 2 atom stereocenters. The maximum absolute atomic E-state index is 14.3. The summed E-state index contributed by atoms with van der Waals surface area (Å²) in [5.74, 6) is -2.96. The molecule has 1 amide bonds. The Morgan fingerprint density at radius 3 is 2.60 bits per heavy atom. The molecule has 1 N–H and O–H groups in total. The van der Waals surface area contributed by atoms with E-state index in [9.17, 15) is 23.2 Å². The van der Waals surface area contributed by atoms with Crippen LogP contribution in [0.1, 0.15) is 45.4 Å². The molecule has 2 aromatic carbocycles. The van der Waals surface area contributed by atoms with Crippen molar-refractivity contribution >= 4 is 23.2 Å². The Balaban J connectivity index is 1.33. The van der Waals surface area contributed by atoms with Crippen LogP contribution < -0.4 is 10.9 Å². The van der Waals surface area contributed by atoms with Crippen LogP contribution in [0.4, 0.5) is 8.78 Å². The largest absolute Gasteiger partial charge is 0.355 e. The van der Waals surface area contributed by atoms with Crippen LogP contribution in [0.2, 0.25) is 0 Å². The zero-order chi connectivity index (χ0) is 33.2. The van der Waals surface area contributed by atoms with Gasteiger partial charge in [0, 0.05) is 56.5 Å². The zero-order valence-corrected chi connectivity index (χ0v) is 26.6. The van der Waals surface area contributed by atoms with E-state index in [1.165, 1.54) is 35.3 Å². The van der Waals surface area contributed by atoms with Crippen LogP contribution in [0, 0.1) is 24.5 Å². The van der Waals surface area contributed by atoms with E-state index in [4.69, 9.17) is 9.94 Å². The molecule has 1 aliphatic heterocycles. The van der Waals surface area contributed by atoms with Crippen molar-refractivity contribution in [2.24, 2.45) is 13.0 Å². The molecule has 1 fully saturated rings. The lowest BCUT2D eigenvalue weighted by molar-refractivity contribution is -0.157. The van der Waals surface area contributed by atoms with Crippen molar-refractivity contribution < 1.29 is 23.2 Å². The highest BCUT2D eigenvalue weighted by molar-refractivity contribution is 7.03. The Bertz CT molecular complexity index is 2000. The van der Waals surface area contributed by atoms with E-state index in [-0.39, 0.29) is 30.1 Å². The molecule has 0 saturated carbocycles. The minimum absolute atomic E-state index is 0.0127. The monoisotopic (exact) mass is 659 g/mol. The first-order valence-electron chi connectivity index (χ1n) is 14.8. The molecule has 3 aromatic heterocycles. The average Bonchev–Trinajstić information content (AvgIpc) is 3.80. The number of carbonyl (C=O) groups is 2. The van der Waals surface area contributed by atoms with Gasteiger partial charge in [0.25, 0.3) is 11.5 Å². The van der Waals surface area contributed by atoms with Crippen molar-refractivity contribution in [3.05, 3.63) is 116 Å². The quantitative estimate of drug-likeness (QED) is 0.235. The number of nitrogens with one attached hydrogen (secondary N) is 1. The van der Waals surface area contributed by atoms with Gasteiger partial charge in [-0.2, -0.15) is 10.2 Å². The lowest BCUT2D eigenvalue weighted by Crippen LogP contribution is -2.30. The molecule has 0 spiro atoms. The second kappa shape index (κ2) is 13.4. The molecule has 0 aliphatic carbocycles. The van der Waals surface area contributed by atoms with Crippen LogP contribution in [0.5, 0.6) is 0 Å². The molecule has 0 bridgehead atoms. The maximum atomic E-state index is 14.3. The molecular formula is C33H31F2N7O4S. The van der Waals surface area contributed by atoms with Crippen LogP contribution in [-0.2, 0) is 29.6 Å². The van der Waals surface area contributed by atoms with E-state index in [1.807, 2.05) is 37.3 Å². The molecule has 47 heavy (non-hydrogen) atoms. The fourth-order valence-electron chi connectivity index (χ4n) is 5.86. The molecular weight excluding hydrogens is 628 g/mol. The van der Waals surface area contributed by atoms with Crippen molar-refractivity contribution in [2.75, 3.05) is 13.6 Å². The number of Topliss-reactive ketones (excluding diaryl/α,β-unsaturated/α-hetero) is 1. The lowest BCUT2D eigenvalue weighted by Gasteiger charge is -2.18. The number of hydrogen-bond acceptors (Lipinski definition) is 9. The number of amides is 1. The minimum atomic E-state index is -0.994. The predicted molar refractivity (Wildman–Crippen MR) is 170 cm³/mol. The van der Waals surface area contributed by atoms with E-state index in [2.05, 4.69) is 14.9 Å². The normalized spacial score (nSPS) is 16.4. The highest BCUT2D eigenvalue weighted by Crippen LogP contribution is 2.38. The third-order valence-corrected chi connectivity index (χ3v) is 8.73. The number of carbonyl (C=O) groups excluding carboxylic acids is 2. The van der Waals surface area contributed by atoms with Gasteiger partial charge in [-0.15, -0.1) is 5.10 Å². The molecule has 14 heteroatoms. The number of hydrogen-bond donors (Lipinski definition) is 1. The van der Waals surface area contributed by atoms with E-state index in [0.717, 1.165) is 17.8 Å². The number of ketones is 1. The number of halogens is 2. The maximum Gasteiger partial charge on any atom is 0.263 e. The summed E-state index contributed by atoms with van der Waals surface area (Å²) in [7, 11) is 3.02. The van der Waals surface area contributed by atoms with Crippen LogP contribution >= 0.6 is 11.5 Å². The van der Waals surface area contributed by atoms with Gasteiger partial charge in [-0.05, 0) is 59.9 Å². The van der Waals surface area contributed by atoms with Gasteiger partial charge >= 0.3 is 0 Å². The van der Waals surface area contributed by atoms with Crippen LogP contribution in [0.3, 0.4) is 0 Å². The Labute approximate surface area is 272 Å². The Kier molecular flexibility index (Phi) is 9.16. The van der Waals surface area contributed by atoms with Crippen LogP contribution in [0.25, 0.3) is 16.9 Å². The smallest absolute Gasteiger partial charge is 0.263 e. The van der Waals surface area contributed by atoms with Crippen molar-refractivity contribution in [1.82, 2.24) is 34.3 Å². The third-order valence-electron chi connectivity index (χ3n) is 8.17. The summed E-state index contributed by atoms with van der Waals surface area (Å²) in [6.45, 7) is 2.53. The van der Waals surface area contributed by atoms with E-state index >= 15 is 0 Å². The number of para-hydroxylation sites is 1. The lowest BCUT2D eigenvalue weighted by atomic mass is 9.90. The Hall–Kier alpha value is -4.92. The second-order valence-corrected chi connectivity index (χ2v) is 12.0. The van der Waals surface area contributed by atoms with Gasteiger partial charge in [0.15, 0.2) is 11.6 Å². The summed E-state index contributed by atoms with van der Waals surface area (Å²) >= 11 is 1.21. The number of hydroxylamine groups is 2. The van der Waals surface area contributed by atoms with Gasteiger partial charge in [0.2, 0.25) is 0 Å². The van der Waals surface area contributed by atoms with Gasteiger partial charge in [-0.25, -0.2) is 13.5 Å². The first-order valence-corrected chi connectivity index (χ1v) is 15.7. The number of nitrogens with zero attached hydrogens (tertiary/aromatic N) is 6. The summed E-state index contributed by atoms with van der Waals surface area (Å²) in [6, 6.07) is 14.5. The molecule has 242 valence electrons. The number of pyridine rings is 1. The first-order chi connectivity index (χ1) is 22.6. The van der Waals surface area contributed by atoms with Gasteiger partial charge in [0.1, 0.15) is 17.5 Å². The molecule has 11 nitrogen and oxygen atoms in total. The SMILES string of the molecule is CNC(=O)c1cc(-c2nn(-c3ccccc3)c(CC(=O)C[C@@H]3CN(Cc4csnn4)O[C@H]3c3ccc(F)c(F)c3)c2C)cn(C)c1=O. The molecule has 4 heterocycles. The second-order valence-electron chi connectivity index (χ2n) is 11.4. The molecule has 0 unspecified atom stereocenters. The predicted octanol–water partition coefficient (Wildman–Crippen LogP) is 4.34. The summed E-state index contributed by atoms with van der Waals surface area (Å²) in [4.78, 5) is 45.2. The molecule has 6 rings (SSSR count). The standard InChI is InChI=1S/C33H31F2N7O4S/c1-19-29(42(24-7-5-4-6-8-24)38-30(19)21-12-26(32(44)36-2)33(45)40(3)15-21)14-25(43)11-22-16-41(17-23-18-47-39-37-23)46-31(22)20-9-10-27(34)28(35)13-20/h4-10,12-13,15,18,22,31H,11,14,16-17H2,1-3H3,(H,36,44)/t22-,31+/m1/s1. The Morgan fingerprint density at radius 2 is 1.89 bits per heavy atom. The number of benzene rings is 2. The zero-order valence-electron chi connectivity index (χ0n) is 25.8. The number of aryl methyl sites for hydroxylation is 1. The van der Waals surface area contributed by atoms with Crippen molar-refractivity contribution in [3.8, 4) is 16.9 Å². The average molecular weight is 660 g/mol. The number of aromatic nitrogens is 5. The van der Waals surface area contributed by atoms with Crippen LogP contribution in [-0.4, -0.2) is 54.3 Å². The molecule has 5 aromatic rings. The summed E-state index contributed by atoms with van der Waals surface area (Å²) in [6.07, 6.45) is 1.02. The molecule has 1 saturated heterocycles. The number of rotatable bonds is 10. The van der Waals surface area contributed by atoms with Crippen molar-refractivity contribution in [1.29, 1.82) is 0 Å². The molecule has 0 radical (unpaired) electrons. The van der Waals surface area contributed by atoms with E-state index in [1.54, 1.807) is 28.4 Å². The fraction of sp³-hybridized carbons (Fsp3) is 0.273. The minimum Gasteiger partial charge on any atom is -0.355 e. The van der Waals surface area contributed by atoms with Gasteiger partial charge in [0.05, 0.1) is 29.3 Å². The van der Waals surface area contributed by atoms with Crippen molar-refractivity contribution in [2.45, 2.75) is 32.4 Å². The van der Waals surface area contributed by atoms with Gasteiger partial charge < -0.3 is 9.88 Å². The first kappa shape index (κ1) is 32.0. The van der Waals surface area contributed by atoms with Gasteiger partial charge in [-0.3, -0.25) is 19.2 Å².